The fraction of sp³-hybridized carbons (Fsp3) is 0.267. The number of hydrogen-bond acceptors (Lipinski definition) is 6. The molecule has 2 amide bonds. The van der Waals surface area contributed by atoms with Crippen LogP contribution in [0.4, 0.5) is 10.8 Å². The van der Waals surface area contributed by atoms with Crippen molar-refractivity contribution in [1.82, 2.24) is 10.2 Å². The Bertz CT molecular complexity index is 849. The molecule has 1 aromatic heterocycles. The zero-order valence-corrected chi connectivity index (χ0v) is 15.3. The number of rotatable bonds is 4. The second kappa shape index (κ2) is 6.40. The van der Waals surface area contributed by atoms with Crippen LogP contribution in [-0.4, -0.2) is 34.3 Å². The van der Waals surface area contributed by atoms with Gasteiger partial charge in [-0.3, -0.25) is 24.6 Å². The summed E-state index contributed by atoms with van der Waals surface area (Å²) < 4.78 is 0.698. The van der Waals surface area contributed by atoms with Gasteiger partial charge in [0, 0.05) is 10.4 Å². The van der Waals surface area contributed by atoms with Gasteiger partial charge in [0.2, 0.25) is 11.0 Å². The van der Waals surface area contributed by atoms with Gasteiger partial charge in [-0.25, -0.2) is 0 Å². The maximum absolute atomic E-state index is 12.2. The van der Waals surface area contributed by atoms with E-state index in [4.69, 9.17) is 0 Å². The van der Waals surface area contributed by atoms with Gasteiger partial charge >= 0.3 is 0 Å². The van der Waals surface area contributed by atoms with Gasteiger partial charge in [-0.1, -0.05) is 41.1 Å². The van der Waals surface area contributed by atoms with Crippen LogP contribution in [0.25, 0.3) is 0 Å². The fourth-order valence-corrected chi connectivity index (χ4v) is 3.37. The first-order valence-electron chi connectivity index (χ1n) is 7.16. The van der Waals surface area contributed by atoms with E-state index >= 15 is 0 Å². The minimum absolute atomic E-state index is 0.219. The summed E-state index contributed by atoms with van der Waals surface area (Å²) in [4.78, 5) is 37.5. The monoisotopic (exact) mass is 408 g/mol. The lowest BCUT2D eigenvalue weighted by atomic mass is 10.1. The average molecular weight is 409 g/mol. The summed E-state index contributed by atoms with van der Waals surface area (Å²) in [6, 6.07) is 4.93. The standard InChI is InChI=1S/C15H13BrN4O3S/c1-7(2)13-18-19-15(24-13)17-11(21)6-20-10-4-3-8(16)5-9(10)12(22)14(20)23/h3-5,7H,6H2,1-2H3,(H,17,19,21). The molecule has 0 fully saturated rings. The van der Waals surface area contributed by atoms with Gasteiger partial charge in [-0.05, 0) is 18.2 Å². The number of anilines is 2. The van der Waals surface area contributed by atoms with Gasteiger partial charge in [-0.2, -0.15) is 0 Å². The summed E-state index contributed by atoms with van der Waals surface area (Å²) in [5, 5.41) is 11.7. The molecule has 0 atom stereocenters. The molecule has 9 heteroatoms. The van der Waals surface area contributed by atoms with Gasteiger partial charge in [-0.15, -0.1) is 10.2 Å². The van der Waals surface area contributed by atoms with Crippen LogP contribution in [0.5, 0.6) is 0 Å². The summed E-state index contributed by atoms with van der Waals surface area (Å²) in [5.41, 5.74) is 0.726. The summed E-state index contributed by atoms with van der Waals surface area (Å²) in [5.74, 6) is -1.54. The van der Waals surface area contributed by atoms with E-state index in [1.807, 2.05) is 13.8 Å². The lowest BCUT2D eigenvalue weighted by molar-refractivity contribution is -0.118. The van der Waals surface area contributed by atoms with Crippen molar-refractivity contribution in [2.75, 3.05) is 16.8 Å². The van der Waals surface area contributed by atoms with Crippen molar-refractivity contribution < 1.29 is 14.4 Å². The second-order valence-corrected chi connectivity index (χ2v) is 7.45. The molecule has 2 heterocycles. The Kier molecular flexibility index (Phi) is 4.46. The highest BCUT2D eigenvalue weighted by Gasteiger charge is 2.36. The van der Waals surface area contributed by atoms with Crippen LogP contribution in [0.2, 0.25) is 0 Å². The molecular weight excluding hydrogens is 396 g/mol. The molecule has 0 spiro atoms. The molecule has 0 aliphatic carbocycles. The predicted octanol–water partition coefficient (Wildman–Crippen LogP) is 2.59. The number of halogens is 1. The first kappa shape index (κ1) is 16.7. The highest BCUT2D eigenvalue weighted by molar-refractivity contribution is 9.10. The topological polar surface area (TPSA) is 92.3 Å². The van der Waals surface area contributed by atoms with Crippen LogP contribution in [0.1, 0.15) is 35.1 Å². The molecule has 1 N–H and O–H groups in total. The molecule has 0 saturated heterocycles. The Balaban J connectivity index is 1.75. The van der Waals surface area contributed by atoms with Crippen molar-refractivity contribution >= 4 is 55.7 Å². The summed E-state index contributed by atoms with van der Waals surface area (Å²) in [6.07, 6.45) is 0. The van der Waals surface area contributed by atoms with E-state index in [2.05, 4.69) is 31.4 Å². The Labute approximate surface area is 150 Å². The molecular formula is C15H13BrN4O3S. The van der Waals surface area contributed by atoms with E-state index in [0.29, 0.717) is 20.9 Å². The molecule has 1 aromatic carbocycles. The molecule has 0 radical (unpaired) electrons. The van der Waals surface area contributed by atoms with Gasteiger partial charge in [0.05, 0.1) is 11.3 Å². The number of nitrogens with zero attached hydrogens (tertiary/aromatic N) is 3. The number of amides is 2. The number of fused-ring (bicyclic) bond motifs is 1. The maximum Gasteiger partial charge on any atom is 0.299 e. The third-order valence-electron chi connectivity index (χ3n) is 3.42. The first-order valence-corrected chi connectivity index (χ1v) is 8.76. The molecule has 3 rings (SSSR count). The van der Waals surface area contributed by atoms with Crippen molar-refractivity contribution in [3.05, 3.63) is 33.2 Å². The summed E-state index contributed by atoms with van der Waals surface area (Å²) >= 11 is 4.55. The Hall–Kier alpha value is -2.13. The Morgan fingerprint density at radius 3 is 2.75 bits per heavy atom. The van der Waals surface area contributed by atoms with E-state index in [1.165, 1.54) is 16.2 Å². The second-order valence-electron chi connectivity index (χ2n) is 5.53. The van der Waals surface area contributed by atoms with Crippen LogP contribution in [0.15, 0.2) is 22.7 Å². The third-order valence-corrected chi connectivity index (χ3v) is 5.05. The first-order chi connectivity index (χ1) is 11.4. The largest absolute Gasteiger partial charge is 0.299 e. The van der Waals surface area contributed by atoms with Gasteiger partial charge in [0.25, 0.3) is 11.7 Å². The van der Waals surface area contributed by atoms with Crippen molar-refractivity contribution in [3.8, 4) is 0 Å². The lowest BCUT2D eigenvalue weighted by Crippen LogP contribution is -2.37. The van der Waals surface area contributed by atoms with Crippen LogP contribution >= 0.6 is 27.3 Å². The molecule has 0 unspecified atom stereocenters. The van der Waals surface area contributed by atoms with Crippen LogP contribution in [0.3, 0.4) is 0 Å². The van der Waals surface area contributed by atoms with Crippen molar-refractivity contribution in [1.29, 1.82) is 0 Å². The highest BCUT2D eigenvalue weighted by Crippen LogP contribution is 2.31. The Morgan fingerprint density at radius 2 is 2.08 bits per heavy atom. The van der Waals surface area contributed by atoms with E-state index in [1.54, 1.807) is 18.2 Å². The molecule has 1 aliphatic rings. The number of aromatic nitrogens is 2. The molecule has 1 aliphatic heterocycles. The van der Waals surface area contributed by atoms with Crippen molar-refractivity contribution in [2.24, 2.45) is 0 Å². The fourth-order valence-electron chi connectivity index (χ4n) is 2.25. The number of hydrogen-bond donors (Lipinski definition) is 1. The normalized spacial score (nSPS) is 13.6. The quantitative estimate of drug-likeness (QED) is 0.784. The predicted molar refractivity (Wildman–Crippen MR) is 93.5 cm³/mol. The number of Topliss-reactive ketones (excluding diaryl/α,β-unsaturated/α-hetero) is 1. The van der Waals surface area contributed by atoms with Crippen molar-refractivity contribution in [3.63, 3.8) is 0 Å². The smallest absolute Gasteiger partial charge is 0.299 e. The summed E-state index contributed by atoms with van der Waals surface area (Å²) in [7, 11) is 0. The van der Waals surface area contributed by atoms with Gasteiger partial charge in [0.15, 0.2) is 0 Å². The van der Waals surface area contributed by atoms with Gasteiger partial charge in [0.1, 0.15) is 11.6 Å². The van der Waals surface area contributed by atoms with E-state index < -0.39 is 17.6 Å². The Morgan fingerprint density at radius 1 is 1.33 bits per heavy atom. The third kappa shape index (κ3) is 3.09. The molecule has 2 aromatic rings. The van der Waals surface area contributed by atoms with Crippen LogP contribution in [-0.2, 0) is 9.59 Å². The SMILES string of the molecule is CC(C)c1nnc(NC(=O)CN2C(=O)C(=O)c3cc(Br)ccc32)s1. The maximum atomic E-state index is 12.2. The highest BCUT2D eigenvalue weighted by atomic mass is 79.9. The number of ketones is 1. The number of carbonyl (C=O) groups is 3. The summed E-state index contributed by atoms with van der Waals surface area (Å²) in [6.45, 7) is 3.71. The lowest BCUT2D eigenvalue weighted by Gasteiger charge is -2.15. The zero-order chi connectivity index (χ0) is 17.4. The van der Waals surface area contributed by atoms with E-state index in [0.717, 1.165) is 5.01 Å². The molecule has 0 bridgehead atoms. The number of benzene rings is 1. The number of nitrogens with one attached hydrogen (secondary N) is 1. The molecule has 0 saturated carbocycles. The minimum Gasteiger partial charge on any atom is -0.299 e. The minimum atomic E-state index is -0.710. The van der Waals surface area contributed by atoms with Crippen molar-refractivity contribution in [2.45, 2.75) is 19.8 Å². The average Bonchev–Trinajstić information content (AvgIpc) is 3.07. The van der Waals surface area contributed by atoms with Gasteiger partial charge < -0.3 is 0 Å². The number of carbonyl (C=O) groups excluding carboxylic acids is 3. The van der Waals surface area contributed by atoms with Crippen LogP contribution in [0, 0.1) is 0 Å². The molecule has 7 nitrogen and oxygen atoms in total. The zero-order valence-electron chi connectivity index (χ0n) is 12.9. The van der Waals surface area contributed by atoms with Crippen LogP contribution < -0.4 is 10.2 Å². The molecule has 24 heavy (non-hydrogen) atoms. The van der Waals surface area contributed by atoms with E-state index in [9.17, 15) is 14.4 Å². The van der Waals surface area contributed by atoms with E-state index in [-0.39, 0.29) is 12.5 Å². The molecule has 124 valence electrons.